The Morgan fingerprint density at radius 1 is 1.35 bits per heavy atom. The molecule has 4 nitrogen and oxygen atoms in total. The maximum Gasteiger partial charge on any atom is 0.277 e. The Labute approximate surface area is 109 Å². The van der Waals surface area contributed by atoms with Crippen molar-refractivity contribution in [3.63, 3.8) is 0 Å². The third-order valence-electron chi connectivity index (χ3n) is 2.92. The van der Waals surface area contributed by atoms with Crippen molar-refractivity contribution in [3.8, 4) is 0 Å². The maximum absolute atomic E-state index is 12.1. The van der Waals surface area contributed by atoms with Gasteiger partial charge in [-0.3, -0.25) is 14.5 Å². The molecule has 0 spiro atoms. The minimum absolute atomic E-state index is 0.125. The molecule has 92 valence electrons. The Kier molecular flexibility index (Phi) is 3.38. The fourth-order valence-corrected chi connectivity index (χ4v) is 2.32. The smallest absolute Gasteiger partial charge is 0.277 e. The summed E-state index contributed by atoms with van der Waals surface area (Å²) >= 11 is 3.33. The van der Waals surface area contributed by atoms with Gasteiger partial charge in [0.15, 0.2) is 0 Å². The summed E-state index contributed by atoms with van der Waals surface area (Å²) in [5.74, 6) is 0.170. The molecule has 0 fully saturated rings. The van der Waals surface area contributed by atoms with Gasteiger partial charge < -0.3 is 4.57 Å². The van der Waals surface area contributed by atoms with E-state index in [1.807, 2.05) is 0 Å². The summed E-state index contributed by atoms with van der Waals surface area (Å²) in [5, 5.41) is 0. The standard InChI is InChI=1S/C12H15BrN2O2/c1-8(2)5-6-14-11(16)7-15-9(12(14)17)3-4-10(15)13/h3-4,8H,5-7H2,1-2H3. The largest absolute Gasteiger partial charge is 0.322 e. The highest BCUT2D eigenvalue weighted by molar-refractivity contribution is 9.10. The second-order valence-corrected chi connectivity index (χ2v) is 5.47. The van der Waals surface area contributed by atoms with Gasteiger partial charge in [-0.2, -0.15) is 0 Å². The van der Waals surface area contributed by atoms with Crippen LogP contribution < -0.4 is 0 Å². The summed E-state index contributed by atoms with van der Waals surface area (Å²) in [6, 6.07) is 3.55. The minimum atomic E-state index is -0.187. The molecule has 0 N–H and O–H groups in total. The Balaban J connectivity index is 2.22. The van der Waals surface area contributed by atoms with Crippen LogP contribution in [0.4, 0.5) is 0 Å². The van der Waals surface area contributed by atoms with E-state index in [9.17, 15) is 9.59 Å². The number of nitrogens with zero attached hydrogens (tertiary/aromatic N) is 2. The molecule has 2 amide bonds. The molecule has 1 aliphatic rings. The number of carbonyl (C=O) groups is 2. The van der Waals surface area contributed by atoms with Crippen molar-refractivity contribution in [2.45, 2.75) is 26.8 Å². The lowest BCUT2D eigenvalue weighted by Gasteiger charge is -2.27. The van der Waals surface area contributed by atoms with E-state index in [1.165, 1.54) is 4.90 Å². The molecule has 5 heteroatoms. The highest BCUT2D eigenvalue weighted by Crippen LogP contribution is 2.22. The first-order valence-corrected chi connectivity index (χ1v) is 6.49. The van der Waals surface area contributed by atoms with Gasteiger partial charge >= 0.3 is 0 Å². The molecule has 2 rings (SSSR count). The van der Waals surface area contributed by atoms with Gasteiger partial charge in [0.05, 0.1) is 4.60 Å². The van der Waals surface area contributed by atoms with Gasteiger partial charge in [-0.25, -0.2) is 0 Å². The molecule has 1 aromatic rings. The van der Waals surface area contributed by atoms with E-state index >= 15 is 0 Å². The number of amides is 2. The van der Waals surface area contributed by atoms with Gasteiger partial charge in [0.1, 0.15) is 12.2 Å². The summed E-state index contributed by atoms with van der Waals surface area (Å²) in [7, 11) is 0. The molecule has 0 bridgehead atoms. The van der Waals surface area contributed by atoms with Crippen molar-refractivity contribution in [3.05, 3.63) is 22.4 Å². The number of hydrogen-bond acceptors (Lipinski definition) is 2. The second-order valence-electron chi connectivity index (χ2n) is 4.66. The number of halogens is 1. The summed E-state index contributed by atoms with van der Waals surface area (Å²) in [4.78, 5) is 25.4. The summed E-state index contributed by atoms with van der Waals surface area (Å²) in [5.41, 5.74) is 0.584. The van der Waals surface area contributed by atoms with Crippen LogP contribution in [0.1, 0.15) is 30.8 Å². The zero-order chi connectivity index (χ0) is 12.6. The van der Waals surface area contributed by atoms with E-state index in [0.717, 1.165) is 11.0 Å². The first kappa shape index (κ1) is 12.4. The Morgan fingerprint density at radius 2 is 2.06 bits per heavy atom. The van der Waals surface area contributed by atoms with Crippen molar-refractivity contribution in [2.75, 3.05) is 6.54 Å². The third-order valence-corrected chi connectivity index (χ3v) is 3.61. The Bertz CT molecular complexity index is 465. The van der Waals surface area contributed by atoms with E-state index in [-0.39, 0.29) is 18.4 Å². The predicted octanol–water partition coefficient (Wildman–Crippen LogP) is 2.28. The molecule has 0 unspecified atom stereocenters. The van der Waals surface area contributed by atoms with Gasteiger partial charge in [0, 0.05) is 6.54 Å². The Morgan fingerprint density at radius 3 is 2.71 bits per heavy atom. The van der Waals surface area contributed by atoms with E-state index in [2.05, 4.69) is 29.8 Å². The van der Waals surface area contributed by atoms with Crippen molar-refractivity contribution in [2.24, 2.45) is 5.92 Å². The lowest BCUT2D eigenvalue weighted by Crippen LogP contribution is -2.45. The van der Waals surface area contributed by atoms with E-state index in [1.54, 1.807) is 16.7 Å². The Hall–Kier alpha value is -1.10. The maximum atomic E-state index is 12.1. The van der Waals surface area contributed by atoms with Crippen LogP contribution in [0, 0.1) is 5.92 Å². The first-order valence-electron chi connectivity index (χ1n) is 5.70. The van der Waals surface area contributed by atoms with Crippen LogP contribution in [-0.4, -0.2) is 27.8 Å². The molecule has 0 radical (unpaired) electrons. The van der Waals surface area contributed by atoms with Crippen LogP contribution in [0.15, 0.2) is 16.7 Å². The molecular formula is C12H15BrN2O2. The number of imide groups is 1. The highest BCUT2D eigenvalue weighted by atomic mass is 79.9. The second kappa shape index (κ2) is 4.64. The van der Waals surface area contributed by atoms with Crippen LogP contribution in [0.25, 0.3) is 0 Å². The SMILES string of the molecule is CC(C)CCN1C(=O)Cn2c(Br)ccc2C1=O. The normalized spacial score (nSPS) is 15.6. The summed E-state index contributed by atoms with van der Waals surface area (Å²) in [6.07, 6.45) is 0.847. The number of rotatable bonds is 3. The van der Waals surface area contributed by atoms with Crippen LogP contribution in [0.3, 0.4) is 0 Å². The monoisotopic (exact) mass is 298 g/mol. The van der Waals surface area contributed by atoms with Gasteiger partial charge in [-0.15, -0.1) is 0 Å². The number of carbonyl (C=O) groups excluding carboxylic acids is 2. The topological polar surface area (TPSA) is 42.3 Å². The zero-order valence-corrected chi connectivity index (χ0v) is 11.5. The zero-order valence-electron chi connectivity index (χ0n) is 9.94. The van der Waals surface area contributed by atoms with Gasteiger partial charge in [-0.1, -0.05) is 13.8 Å². The van der Waals surface area contributed by atoms with Crippen LogP contribution in [0.5, 0.6) is 0 Å². The lowest BCUT2D eigenvalue weighted by atomic mass is 10.1. The highest BCUT2D eigenvalue weighted by Gasteiger charge is 2.31. The first-order chi connectivity index (χ1) is 8.00. The van der Waals surface area contributed by atoms with Gasteiger partial charge in [0.25, 0.3) is 5.91 Å². The van der Waals surface area contributed by atoms with Crippen LogP contribution >= 0.6 is 15.9 Å². The summed E-state index contributed by atoms with van der Waals surface area (Å²) < 4.78 is 2.48. The fourth-order valence-electron chi connectivity index (χ4n) is 1.88. The average molecular weight is 299 g/mol. The van der Waals surface area contributed by atoms with Crippen LogP contribution in [0.2, 0.25) is 0 Å². The molecule has 1 aliphatic heterocycles. The van der Waals surface area contributed by atoms with E-state index in [0.29, 0.717) is 18.2 Å². The third kappa shape index (κ3) is 2.29. The van der Waals surface area contributed by atoms with E-state index < -0.39 is 0 Å². The molecule has 0 atom stereocenters. The quantitative estimate of drug-likeness (QED) is 0.804. The molecule has 0 aliphatic carbocycles. The average Bonchev–Trinajstić information content (AvgIpc) is 2.60. The molecule has 2 heterocycles. The predicted molar refractivity (Wildman–Crippen MR) is 67.6 cm³/mol. The van der Waals surface area contributed by atoms with Crippen molar-refractivity contribution < 1.29 is 9.59 Å². The van der Waals surface area contributed by atoms with Gasteiger partial charge in [0.2, 0.25) is 5.91 Å². The van der Waals surface area contributed by atoms with Gasteiger partial charge in [-0.05, 0) is 40.4 Å². The van der Waals surface area contributed by atoms with E-state index in [4.69, 9.17) is 0 Å². The number of hydrogen-bond donors (Lipinski definition) is 0. The molecular weight excluding hydrogens is 284 g/mol. The lowest BCUT2D eigenvalue weighted by molar-refractivity contribution is -0.130. The van der Waals surface area contributed by atoms with Crippen molar-refractivity contribution in [1.29, 1.82) is 0 Å². The molecule has 0 saturated heterocycles. The molecule has 0 aromatic carbocycles. The summed E-state index contributed by atoms with van der Waals surface area (Å²) in [6.45, 7) is 4.92. The molecule has 17 heavy (non-hydrogen) atoms. The fraction of sp³-hybridized carbons (Fsp3) is 0.500. The molecule has 1 aromatic heterocycles. The minimum Gasteiger partial charge on any atom is -0.322 e. The van der Waals surface area contributed by atoms with Crippen LogP contribution in [-0.2, 0) is 11.3 Å². The number of aromatic nitrogens is 1. The van der Waals surface area contributed by atoms with Crippen molar-refractivity contribution in [1.82, 2.24) is 9.47 Å². The molecule has 0 saturated carbocycles. The van der Waals surface area contributed by atoms with Crippen molar-refractivity contribution >= 4 is 27.7 Å². The number of fused-ring (bicyclic) bond motifs is 1.